The SMILES string of the molecule is COCCCNc1c(NCc2ccccn2)c(=O)c1=O. The van der Waals surface area contributed by atoms with Gasteiger partial charge in [-0.25, -0.2) is 0 Å². The highest BCUT2D eigenvalue weighted by Gasteiger charge is 2.20. The first-order valence-corrected chi connectivity index (χ1v) is 6.44. The zero-order valence-electron chi connectivity index (χ0n) is 11.3. The summed E-state index contributed by atoms with van der Waals surface area (Å²) in [5.74, 6) is 0. The van der Waals surface area contributed by atoms with Gasteiger partial charge in [0.15, 0.2) is 0 Å². The van der Waals surface area contributed by atoms with Crippen molar-refractivity contribution in [2.45, 2.75) is 13.0 Å². The van der Waals surface area contributed by atoms with Crippen LogP contribution in [-0.2, 0) is 11.3 Å². The fourth-order valence-electron chi connectivity index (χ4n) is 1.84. The maximum Gasteiger partial charge on any atom is 0.253 e. The smallest absolute Gasteiger partial charge is 0.253 e. The molecule has 0 radical (unpaired) electrons. The quantitative estimate of drug-likeness (QED) is 0.546. The Labute approximate surface area is 116 Å². The molecule has 0 fully saturated rings. The number of hydrogen-bond acceptors (Lipinski definition) is 6. The second kappa shape index (κ2) is 6.81. The number of hydrogen-bond donors (Lipinski definition) is 2. The predicted octanol–water partition coefficient (Wildman–Crippen LogP) is 0.738. The molecule has 106 valence electrons. The molecule has 2 N–H and O–H groups in total. The molecule has 1 aromatic heterocycles. The Kier molecular flexibility index (Phi) is 4.84. The van der Waals surface area contributed by atoms with Gasteiger partial charge in [-0.2, -0.15) is 0 Å². The molecular weight excluding hydrogens is 258 g/mol. The fourth-order valence-corrected chi connectivity index (χ4v) is 1.84. The summed E-state index contributed by atoms with van der Waals surface area (Å²) >= 11 is 0. The van der Waals surface area contributed by atoms with E-state index in [1.807, 2.05) is 18.2 Å². The van der Waals surface area contributed by atoms with Gasteiger partial charge in [-0.05, 0) is 18.6 Å². The number of methoxy groups -OCH3 is 1. The van der Waals surface area contributed by atoms with Crippen LogP contribution < -0.4 is 21.5 Å². The Morgan fingerprint density at radius 2 is 1.90 bits per heavy atom. The van der Waals surface area contributed by atoms with Gasteiger partial charge in [-0.15, -0.1) is 0 Å². The van der Waals surface area contributed by atoms with Crippen LogP contribution in [-0.4, -0.2) is 25.2 Å². The molecule has 0 saturated carbocycles. The number of nitrogens with zero attached hydrogens (tertiary/aromatic N) is 1. The Balaban J connectivity index is 1.93. The normalized spacial score (nSPS) is 10.7. The molecule has 0 aliphatic rings. The standard InChI is InChI=1S/C14H17N3O3/c1-20-8-4-7-16-11-12(14(19)13(11)18)17-9-10-5-2-3-6-15-10/h2-3,5-6,16-17H,4,7-9H2,1H3. The van der Waals surface area contributed by atoms with Crippen LogP contribution in [0.2, 0.25) is 0 Å². The summed E-state index contributed by atoms with van der Waals surface area (Å²) in [6, 6.07) is 5.55. The van der Waals surface area contributed by atoms with E-state index in [9.17, 15) is 9.59 Å². The summed E-state index contributed by atoms with van der Waals surface area (Å²) in [5.41, 5.74) is 0.576. The van der Waals surface area contributed by atoms with Crippen molar-refractivity contribution < 1.29 is 4.74 Å². The summed E-state index contributed by atoms with van der Waals surface area (Å²) in [5, 5.41) is 5.93. The van der Waals surface area contributed by atoms with Crippen LogP contribution in [0.15, 0.2) is 34.0 Å². The van der Waals surface area contributed by atoms with Crippen molar-refractivity contribution in [3.8, 4) is 0 Å². The Morgan fingerprint density at radius 3 is 2.55 bits per heavy atom. The first kappa shape index (κ1) is 14.2. The molecule has 0 aliphatic carbocycles. The molecule has 1 heterocycles. The van der Waals surface area contributed by atoms with Crippen LogP contribution in [0.1, 0.15) is 12.1 Å². The molecule has 0 atom stereocenters. The van der Waals surface area contributed by atoms with Crippen LogP contribution >= 0.6 is 0 Å². The monoisotopic (exact) mass is 275 g/mol. The minimum atomic E-state index is -0.477. The van der Waals surface area contributed by atoms with E-state index in [0.29, 0.717) is 31.1 Å². The van der Waals surface area contributed by atoms with Gasteiger partial charge in [0, 0.05) is 26.5 Å². The lowest BCUT2D eigenvalue weighted by atomic mass is 10.2. The molecule has 0 aliphatic heterocycles. The van der Waals surface area contributed by atoms with Gasteiger partial charge in [0.1, 0.15) is 11.4 Å². The minimum absolute atomic E-state index is 0.345. The third kappa shape index (κ3) is 3.21. The molecule has 2 aromatic rings. The Hall–Kier alpha value is -2.21. The van der Waals surface area contributed by atoms with Crippen LogP contribution in [0.5, 0.6) is 0 Å². The average molecular weight is 275 g/mol. The van der Waals surface area contributed by atoms with Gasteiger partial charge in [-0.3, -0.25) is 14.6 Å². The van der Waals surface area contributed by atoms with Gasteiger partial charge >= 0.3 is 0 Å². The summed E-state index contributed by atoms with van der Waals surface area (Å²) in [6.45, 7) is 1.62. The lowest BCUT2D eigenvalue weighted by Crippen LogP contribution is -2.37. The molecule has 0 spiro atoms. The average Bonchev–Trinajstić information content (AvgIpc) is 2.50. The highest BCUT2D eigenvalue weighted by molar-refractivity contribution is 5.73. The van der Waals surface area contributed by atoms with E-state index in [4.69, 9.17) is 4.74 Å². The van der Waals surface area contributed by atoms with Crippen molar-refractivity contribution in [1.29, 1.82) is 0 Å². The van der Waals surface area contributed by atoms with E-state index < -0.39 is 10.9 Å². The minimum Gasteiger partial charge on any atom is -0.385 e. The van der Waals surface area contributed by atoms with Crippen molar-refractivity contribution in [3.05, 3.63) is 50.5 Å². The third-order valence-corrected chi connectivity index (χ3v) is 2.91. The molecule has 1 aromatic carbocycles. The molecule has 20 heavy (non-hydrogen) atoms. The number of aromatic nitrogens is 1. The predicted molar refractivity (Wildman–Crippen MR) is 77.9 cm³/mol. The molecule has 0 bridgehead atoms. The summed E-state index contributed by atoms with van der Waals surface area (Å²) in [7, 11) is 1.62. The van der Waals surface area contributed by atoms with Gasteiger partial charge in [0.05, 0.1) is 12.2 Å². The van der Waals surface area contributed by atoms with Gasteiger partial charge in [0.25, 0.3) is 10.9 Å². The topological polar surface area (TPSA) is 80.3 Å². The van der Waals surface area contributed by atoms with Gasteiger partial charge in [-0.1, -0.05) is 6.07 Å². The number of ether oxygens (including phenoxy) is 1. The number of rotatable bonds is 8. The lowest BCUT2D eigenvalue weighted by molar-refractivity contribution is 0.198. The van der Waals surface area contributed by atoms with Gasteiger partial charge < -0.3 is 15.4 Å². The van der Waals surface area contributed by atoms with Crippen LogP contribution in [0.4, 0.5) is 11.4 Å². The highest BCUT2D eigenvalue weighted by atomic mass is 16.5. The molecule has 6 heteroatoms. The molecule has 0 saturated heterocycles. The van der Waals surface area contributed by atoms with Crippen molar-refractivity contribution >= 4 is 11.4 Å². The zero-order valence-corrected chi connectivity index (χ0v) is 11.3. The molecule has 2 rings (SSSR count). The van der Waals surface area contributed by atoms with E-state index in [1.165, 1.54) is 0 Å². The number of pyridine rings is 1. The van der Waals surface area contributed by atoms with Crippen LogP contribution in [0, 0.1) is 0 Å². The van der Waals surface area contributed by atoms with Crippen LogP contribution in [0.25, 0.3) is 0 Å². The Morgan fingerprint density at radius 1 is 1.15 bits per heavy atom. The largest absolute Gasteiger partial charge is 0.385 e. The summed E-state index contributed by atoms with van der Waals surface area (Å²) in [4.78, 5) is 27.2. The van der Waals surface area contributed by atoms with Crippen molar-refractivity contribution in [3.63, 3.8) is 0 Å². The van der Waals surface area contributed by atoms with Gasteiger partial charge in [0.2, 0.25) is 0 Å². The number of nitrogens with one attached hydrogen (secondary N) is 2. The first-order chi connectivity index (χ1) is 9.74. The highest BCUT2D eigenvalue weighted by Crippen LogP contribution is 2.15. The third-order valence-electron chi connectivity index (χ3n) is 2.91. The fraction of sp³-hybridized carbons (Fsp3) is 0.357. The van der Waals surface area contributed by atoms with E-state index >= 15 is 0 Å². The van der Waals surface area contributed by atoms with Crippen molar-refractivity contribution in [2.75, 3.05) is 30.9 Å². The van der Waals surface area contributed by atoms with E-state index in [1.54, 1.807) is 13.3 Å². The Bertz CT molecular complexity index is 618. The van der Waals surface area contributed by atoms with Crippen molar-refractivity contribution in [2.24, 2.45) is 0 Å². The maximum atomic E-state index is 11.5. The zero-order chi connectivity index (χ0) is 14.4. The second-order valence-corrected chi connectivity index (χ2v) is 4.36. The van der Waals surface area contributed by atoms with E-state index in [-0.39, 0.29) is 0 Å². The van der Waals surface area contributed by atoms with E-state index in [2.05, 4.69) is 15.6 Å². The lowest BCUT2D eigenvalue weighted by Gasteiger charge is -2.14. The molecule has 0 unspecified atom stereocenters. The van der Waals surface area contributed by atoms with Crippen LogP contribution in [0.3, 0.4) is 0 Å². The molecule has 0 amide bonds. The second-order valence-electron chi connectivity index (χ2n) is 4.36. The van der Waals surface area contributed by atoms with E-state index in [0.717, 1.165) is 12.1 Å². The summed E-state index contributed by atoms with van der Waals surface area (Å²) in [6.07, 6.45) is 2.46. The first-order valence-electron chi connectivity index (χ1n) is 6.44. The maximum absolute atomic E-state index is 11.5. The molecule has 6 nitrogen and oxygen atoms in total. The molecular formula is C14H17N3O3. The van der Waals surface area contributed by atoms with Crippen molar-refractivity contribution in [1.82, 2.24) is 4.98 Å². The summed E-state index contributed by atoms with van der Waals surface area (Å²) < 4.78 is 4.92. The number of anilines is 2.